The predicted molar refractivity (Wildman–Crippen MR) is 69.4 cm³/mol. The Morgan fingerprint density at radius 1 is 1.40 bits per heavy atom. The van der Waals surface area contributed by atoms with Crippen LogP contribution in [0.1, 0.15) is 12.8 Å². The number of rotatable bonds is 3. The van der Waals surface area contributed by atoms with Gasteiger partial charge in [0.15, 0.2) is 0 Å². The zero-order valence-corrected chi connectivity index (χ0v) is 10.4. The molecule has 0 radical (unpaired) electrons. The normalized spacial score (nSPS) is 27.5. The Morgan fingerprint density at radius 2 is 2.27 bits per heavy atom. The van der Waals surface area contributed by atoms with Gasteiger partial charge in [-0.3, -0.25) is 10.4 Å². The van der Waals surface area contributed by atoms with Crippen LogP contribution in [-0.2, 0) is 0 Å². The first-order valence-electron chi connectivity index (χ1n) is 5.35. The number of nitrogens with one attached hydrogen (secondary N) is 2. The lowest BCUT2D eigenvalue weighted by Gasteiger charge is -2.19. The standard InChI is InChI=1S/C9H18N4S2/c10-13-9(12-7-1-2-7)11-5-8-6-14-3-4-15-8/h7-8H,1-6,10H2,(H2,11,12,13). The fraction of sp³-hybridized carbons (Fsp3) is 0.889. The lowest BCUT2D eigenvalue weighted by atomic mass is 10.5. The highest BCUT2D eigenvalue weighted by atomic mass is 32.2. The molecule has 0 aromatic carbocycles. The van der Waals surface area contributed by atoms with Gasteiger partial charge in [-0.25, -0.2) is 5.84 Å². The van der Waals surface area contributed by atoms with Gasteiger partial charge in [0.1, 0.15) is 0 Å². The molecule has 0 aromatic rings. The number of hydrogen-bond donors (Lipinski definition) is 3. The van der Waals surface area contributed by atoms with Gasteiger partial charge in [0.05, 0.1) is 6.54 Å². The van der Waals surface area contributed by atoms with Crippen molar-refractivity contribution in [3.8, 4) is 0 Å². The van der Waals surface area contributed by atoms with Crippen molar-refractivity contribution in [1.82, 2.24) is 10.7 Å². The molecule has 6 heteroatoms. The molecule has 1 aliphatic carbocycles. The molecule has 4 N–H and O–H groups in total. The van der Waals surface area contributed by atoms with Crippen molar-refractivity contribution in [2.75, 3.05) is 23.8 Å². The van der Waals surface area contributed by atoms with Crippen molar-refractivity contribution in [2.24, 2.45) is 10.8 Å². The number of aliphatic imine (C=N–C) groups is 1. The Labute approximate surface area is 99.2 Å². The lowest BCUT2D eigenvalue weighted by molar-refractivity contribution is 0.815. The van der Waals surface area contributed by atoms with Crippen molar-refractivity contribution in [1.29, 1.82) is 0 Å². The van der Waals surface area contributed by atoms with Crippen LogP contribution in [0, 0.1) is 0 Å². The minimum Gasteiger partial charge on any atom is -0.353 e. The lowest BCUT2D eigenvalue weighted by Crippen LogP contribution is -2.43. The van der Waals surface area contributed by atoms with E-state index in [9.17, 15) is 0 Å². The predicted octanol–water partition coefficient (Wildman–Crippen LogP) is 0.406. The van der Waals surface area contributed by atoms with E-state index in [0.717, 1.165) is 12.5 Å². The van der Waals surface area contributed by atoms with Crippen LogP contribution in [0.5, 0.6) is 0 Å². The van der Waals surface area contributed by atoms with E-state index in [1.807, 2.05) is 23.5 Å². The molecule has 0 amide bonds. The van der Waals surface area contributed by atoms with Gasteiger partial charge in [-0.05, 0) is 12.8 Å². The number of nitrogens with two attached hydrogens (primary N) is 1. The van der Waals surface area contributed by atoms with Crippen LogP contribution >= 0.6 is 23.5 Å². The molecule has 1 unspecified atom stereocenters. The average molecular weight is 246 g/mol. The fourth-order valence-electron chi connectivity index (χ4n) is 1.39. The number of guanidine groups is 1. The quantitative estimate of drug-likeness (QED) is 0.291. The Bertz CT molecular complexity index is 224. The molecule has 1 aliphatic heterocycles. The third kappa shape index (κ3) is 4.12. The Hall–Kier alpha value is -0.0700. The summed E-state index contributed by atoms with van der Waals surface area (Å²) in [7, 11) is 0. The van der Waals surface area contributed by atoms with Crippen molar-refractivity contribution in [3.05, 3.63) is 0 Å². The van der Waals surface area contributed by atoms with Crippen molar-refractivity contribution >= 4 is 29.5 Å². The largest absolute Gasteiger partial charge is 0.353 e. The first-order valence-corrected chi connectivity index (χ1v) is 7.56. The van der Waals surface area contributed by atoms with Gasteiger partial charge in [-0.1, -0.05) is 0 Å². The van der Waals surface area contributed by atoms with Crippen molar-refractivity contribution in [3.63, 3.8) is 0 Å². The van der Waals surface area contributed by atoms with Gasteiger partial charge in [0, 0.05) is 28.6 Å². The van der Waals surface area contributed by atoms with Gasteiger partial charge in [-0.2, -0.15) is 23.5 Å². The Balaban J connectivity index is 1.73. The zero-order valence-electron chi connectivity index (χ0n) is 8.74. The van der Waals surface area contributed by atoms with Crippen LogP contribution in [0.15, 0.2) is 4.99 Å². The van der Waals surface area contributed by atoms with Gasteiger partial charge in [-0.15, -0.1) is 0 Å². The fourth-order valence-corrected chi connectivity index (χ4v) is 3.97. The third-order valence-electron chi connectivity index (χ3n) is 2.39. The molecule has 2 rings (SSSR count). The third-order valence-corrected chi connectivity index (χ3v) is 5.22. The highest BCUT2D eigenvalue weighted by Crippen LogP contribution is 2.24. The van der Waals surface area contributed by atoms with Crippen LogP contribution in [0.2, 0.25) is 0 Å². The summed E-state index contributed by atoms with van der Waals surface area (Å²) in [6, 6.07) is 0.605. The van der Waals surface area contributed by atoms with Gasteiger partial charge in [0.25, 0.3) is 0 Å². The van der Waals surface area contributed by atoms with Crippen molar-refractivity contribution in [2.45, 2.75) is 24.1 Å². The smallest absolute Gasteiger partial charge is 0.205 e. The van der Waals surface area contributed by atoms with Crippen molar-refractivity contribution < 1.29 is 0 Å². The molecule has 86 valence electrons. The second kappa shape index (κ2) is 5.86. The van der Waals surface area contributed by atoms with Gasteiger partial charge in [0.2, 0.25) is 5.96 Å². The summed E-state index contributed by atoms with van der Waals surface area (Å²) in [5.74, 6) is 9.93. The molecule has 15 heavy (non-hydrogen) atoms. The van der Waals surface area contributed by atoms with E-state index in [1.165, 1.54) is 30.1 Å². The topological polar surface area (TPSA) is 62.4 Å². The van der Waals surface area contributed by atoms with E-state index >= 15 is 0 Å². The van der Waals surface area contributed by atoms with Gasteiger partial charge >= 0.3 is 0 Å². The average Bonchev–Trinajstić information content (AvgIpc) is 3.09. The summed E-state index contributed by atoms with van der Waals surface area (Å²) < 4.78 is 0. The minimum atomic E-state index is 0.605. The molecular weight excluding hydrogens is 228 g/mol. The number of hydrazine groups is 1. The summed E-state index contributed by atoms with van der Waals surface area (Å²) in [4.78, 5) is 4.48. The SMILES string of the molecule is NNC(=NCC1CSCCS1)NC1CC1. The first-order chi connectivity index (χ1) is 7.38. The highest BCUT2D eigenvalue weighted by Gasteiger charge is 2.22. The van der Waals surface area contributed by atoms with E-state index < -0.39 is 0 Å². The molecule has 1 saturated carbocycles. The summed E-state index contributed by atoms with van der Waals surface area (Å²) in [6.07, 6.45) is 2.49. The van der Waals surface area contributed by atoms with Crippen LogP contribution in [0.4, 0.5) is 0 Å². The van der Waals surface area contributed by atoms with E-state index in [0.29, 0.717) is 11.3 Å². The molecule has 2 fully saturated rings. The summed E-state index contributed by atoms with van der Waals surface area (Å²) in [5, 5.41) is 3.94. The number of hydrogen-bond acceptors (Lipinski definition) is 4. The summed E-state index contributed by atoms with van der Waals surface area (Å²) in [6.45, 7) is 0.872. The van der Waals surface area contributed by atoms with Crippen LogP contribution in [0.25, 0.3) is 0 Å². The molecule has 0 aromatic heterocycles. The van der Waals surface area contributed by atoms with Gasteiger partial charge < -0.3 is 5.32 Å². The molecule has 2 aliphatic rings. The molecular formula is C9H18N4S2. The maximum absolute atomic E-state index is 5.41. The molecule has 0 bridgehead atoms. The summed E-state index contributed by atoms with van der Waals surface area (Å²) in [5.41, 5.74) is 2.64. The first kappa shape index (κ1) is 11.4. The Morgan fingerprint density at radius 3 is 2.87 bits per heavy atom. The van der Waals surface area contributed by atoms with E-state index in [-0.39, 0.29) is 0 Å². The second-order valence-electron chi connectivity index (χ2n) is 3.82. The molecule has 1 heterocycles. The van der Waals surface area contributed by atoms with E-state index in [1.54, 1.807) is 0 Å². The van der Waals surface area contributed by atoms with Crippen LogP contribution < -0.4 is 16.6 Å². The maximum Gasteiger partial charge on any atom is 0.205 e. The highest BCUT2D eigenvalue weighted by molar-refractivity contribution is 8.06. The zero-order chi connectivity index (χ0) is 10.5. The van der Waals surface area contributed by atoms with E-state index in [2.05, 4.69) is 15.7 Å². The molecule has 1 saturated heterocycles. The summed E-state index contributed by atoms with van der Waals surface area (Å²) >= 11 is 4.05. The van der Waals surface area contributed by atoms with E-state index in [4.69, 9.17) is 5.84 Å². The molecule has 1 atom stereocenters. The molecule has 4 nitrogen and oxygen atoms in total. The number of thioether (sulfide) groups is 2. The second-order valence-corrected chi connectivity index (χ2v) is 6.38. The minimum absolute atomic E-state index is 0.605. The molecule has 0 spiro atoms. The monoisotopic (exact) mass is 246 g/mol. The maximum atomic E-state index is 5.41. The Kier molecular flexibility index (Phi) is 4.46. The van der Waals surface area contributed by atoms with Crippen LogP contribution in [-0.4, -0.2) is 41.1 Å². The number of nitrogens with zero attached hydrogens (tertiary/aromatic N) is 1. The van der Waals surface area contributed by atoms with Crippen LogP contribution in [0.3, 0.4) is 0 Å².